The molecule has 1 rings (SSSR count). The normalized spacial score (nSPS) is 9.38. The summed E-state index contributed by atoms with van der Waals surface area (Å²) in [6.07, 6.45) is 1.22. The summed E-state index contributed by atoms with van der Waals surface area (Å²) in [6.45, 7) is 0.802. The van der Waals surface area contributed by atoms with Gasteiger partial charge < -0.3 is 10.6 Å². The fraction of sp³-hybridized carbons (Fsp3) is 0.364. The first kappa shape index (κ1) is 14.9. The number of halogens is 2. The van der Waals surface area contributed by atoms with Crippen LogP contribution in [0, 0.1) is 5.82 Å². The van der Waals surface area contributed by atoms with Crippen LogP contribution in [0.2, 0.25) is 0 Å². The maximum absolute atomic E-state index is 12.8. The van der Waals surface area contributed by atoms with Crippen LogP contribution in [-0.2, 0) is 4.79 Å². The maximum atomic E-state index is 12.8. The smallest absolute Gasteiger partial charge is 0.224 e. The summed E-state index contributed by atoms with van der Waals surface area (Å²) in [5.41, 5.74) is 0.504. The lowest BCUT2D eigenvalue weighted by molar-refractivity contribution is -0.116. The number of carbonyl (C=O) groups excluding carboxylic acids is 1. The molecule has 1 aromatic rings. The van der Waals surface area contributed by atoms with Gasteiger partial charge in [-0.05, 0) is 38.2 Å². The predicted molar refractivity (Wildman–Crippen MR) is 65.4 cm³/mol. The van der Waals surface area contributed by atoms with Gasteiger partial charge in [0.05, 0.1) is 0 Å². The lowest BCUT2D eigenvalue weighted by Gasteiger charge is -2.04. The molecule has 0 aliphatic carbocycles. The first-order valence-corrected chi connectivity index (χ1v) is 4.92. The monoisotopic (exact) mass is 246 g/mol. The molecule has 1 amide bonds. The molecule has 5 heteroatoms. The molecule has 0 aliphatic rings. The van der Waals surface area contributed by atoms with Gasteiger partial charge >= 0.3 is 0 Å². The standard InChI is InChI=1S/C11H15FN2O.ClH/c1-13-7-3-6-11(15)14-10-5-2-4-9(12)8-10;/h2,4-5,8,13H,3,6-7H2,1H3,(H,14,15);1H. The Morgan fingerprint density at radius 1 is 1.44 bits per heavy atom. The van der Waals surface area contributed by atoms with Crippen molar-refractivity contribution in [1.29, 1.82) is 0 Å². The Hall–Kier alpha value is -1.13. The number of nitrogens with one attached hydrogen (secondary N) is 2. The minimum atomic E-state index is -0.344. The molecule has 0 unspecified atom stereocenters. The lowest BCUT2D eigenvalue weighted by Crippen LogP contribution is -2.15. The third-order valence-corrected chi connectivity index (χ3v) is 1.94. The maximum Gasteiger partial charge on any atom is 0.224 e. The Balaban J connectivity index is 0.00000225. The van der Waals surface area contributed by atoms with Gasteiger partial charge in [-0.2, -0.15) is 0 Å². The molecule has 0 saturated heterocycles. The zero-order valence-corrected chi connectivity index (χ0v) is 9.94. The fourth-order valence-corrected chi connectivity index (χ4v) is 1.22. The zero-order chi connectivity index (χ0) is 11.1. The molecule has 0 bridgehead atoms. The average Bonchev–Trinajstić information content (AvgIpc) is 2.18. The lowest BCUT2D eigenvalue weighted by atomic mass is 10.2. The van der Waals surface area contributed by atoms with E-state index in [9.17, 15) is 9.18 Å². The van der Waals surface area contributed by atoms with Gasteiger partial charge in [0, 0.05) is 12.1 Å². The van der Waals surface area contributed by atoms with E-state index in [-0.39, 0.29) is 24.1 Å². The van der Waals surface area contributed by atoms with Crippen LogP contribution in [0.4, 0.5) is 10.1 Å². The van der Waals surface area contributed by atoms with Crippen LogP contribution < -0.4 is 10.6 Å². The minimum Gasteiger partial charge on any atom is -0.326 e. The average molecular weight is 247 g/mol. The number of benzene rings is 1. The van der Waals surface area contributed by atoms with Gasteiger partial charge in [0.2, 0.25) is 5.91 Å². The predicted octanol–water partition coefficient (Wildman–Crippen LogP) is 2.19. The summed E-state index contributed by atoms with van der Waals surface area (Å²) < 4.78 is 12.8. The van der Waals surface area contributed by atoms with Crippen molar-refractivity contribution in [3.05, 3.63) is 30.1 Å². The Bertz CT molecular complexity index is 334. The minimum absolute atomic E-state index is 0. The first-order valence-electron chi connectivity index (χ1n) is 4.92. The molecule has 0 aromatic heterocycles. The highest BCUT2D eigenvalue weighted by Crippen LogP contribution is 2.09. The summed E-state index contributed by atoms with van der Waals surface area (Å²) in [6, 6.07) is 5.88. The second kappa shape index (κ2) is 8.07. The number of hydrogen-bond acceptors (Lipinski definition) is 2. The van der Waals surface area contributed by atoms with E-state index in [0.717, 1.165) is 13.0 Å². The molecule has 16 heavy (non-hydrogen) atoms. The molecule has 1 aromatic carbocycles. The van der Waals surface area contributed by atoms with Crippen molar-refractivity contribution in [3.8, 4) is 0 Å². The second-order valence-electron chi connectivity index (χ2n) is 3.27. The Morgan fingerprint density at radius 2 is 2.19 bits per heavy atom. The van der Waals surface area contributed by atoms with Gasteiger partial charge in [-0.1, -0.05) is 6.07 Å². The first-order chi connectivity index (χ1) is 7.22. The van der Waals surface area contributed by atoms with Crippen LogP contribution in [0.25, 0.3) is 0 Å². The highest BCUT2D eigenvalue weighted by atomic mass is 35.5. The summed E-state index contributed by atoms with van der Waals surface area (Å²) in [5.74, 6) is -0.432. The Morgan fingerprint density at radius 3 is 2.81 bits per heavy atom. The molecule has 0 fully saturated rings. The van der Waals surface area contributed by atoms with Crippen molar-refractivity contribution < 1.29 is 9.18 Å². The molecule has 2 N–H and O–H groups in total. The van der Waals surface area contributed by atoms with Crippen LogP contribution in [0.15, 0.2) is 24.3 Å². The highest BCUT2D eigenvalue weighted by Gasteiger charge is 2.01. The number of amides is 1. The van der Waals surface area contributed by atoms with E-state index in [4.69, 9.17) is 0 Å². The molecular weight excluding hydrogens is 231 g/mol. The highest BCUT2D eigenvalue weighted by molar-refractivity contribution is 5.90. The Labute approximate surface area is 101 Å². The number of anilines is 1. The largest absolute Gasteiger partial charge is 0.326 e. The van der Waals surface area contributed by atoms with E-state index < -0.39 is 0 Å². The fourth-order valence-electron chi connectivity index (χ4n) is 1.22. The van der Waals surface area contributed by atoms with Crippen molar-refractivity contribution in [3.63, 3.8) is 0 Å². The van der Waals surface area contributed by atoms with Crippen LogP contribution in [0.5, 0.6) is 0 Å². The molecule has 90 valence electrons. The van der Waals surface area contributed by atoms with Gasteiger partial charge in [-0.15, -0.1) is 12.4 Å². The zero-order valence-electron chi connectivity index (χ0n) is 9.13. The van der Waals surface area contributed by atoms with Gasteiger partial charge in [0.15, 0.2) is 0 Å². The van der Waals surface area contributed by atoms with E-state index in [1.54, 1.807) is 12.1 Å². The Kier molecular flexibility index (Phi) is 7.50. The van der Waals surface area contributed by atoms with Crippen molar-refractivity contribution in [2.75, 3.05) is 18.9 Å². The van der Waals surface area contributed by atoms with E-state index in [1.165, 1.54) is 12.1 Å². The van der Waals surface area contributed by atoms with Gasteiger partial charge in [-0.25, -0.2) is 4.39 Å². The molecule has 0 saturated carbocycles. The molecule has 0 atom stereocenters. The second-order valence-corrected chi connectivity index (χ2v) is 3.27. The number of carbonyl (C=O) groups is 1. The van der Waals surface area contributed by atoms with Crippen LogP contribution in [0.1, 0.15) is 12.8 Å². The van der Waals surface area contributed by atoms with E-state index in [0.29, 0.717) is 12.1 Å². The third-order valence-electron chi connectivity index (χ3n) is 1.94. The van der Waals surface area contributed by atoms with Crippen LogP contribution in [0.3, 0.4) is 0 Å². The van der Waals surface area contributed by atoms with E-state index >= 15 is 0 Å². The van der Waals surface area contributed by atoms with E-state index in [2.05, 4.69) is 10.6 Å². The number of rotatable bonds is 5. The van der Waals surface area contributed by atoms with Gasteiger partial charge in [0.25, 0.3) is 0 Å². The molecule has 0 aliphatic heterocycles. The van der Waals surface area contributed by atoms with Crippen LogP contribution in [-0.4, -0.2) is 19.5 Å². The third kappa shape index (κ3) is 5.68. The topological polar surface area (TPSA) is 41.1 Å². The van der Waals surface area contributed by atoms with Gasteiger partial charge in [-0.3, -0.25) is 4.79 Å². The number of hydrogen-bond donors (Lipinski definition) is 2. The molecule has 0 heterocycles. The van der Waals surface area contributed by atoms with Crippen molar-refractivity contribution in [2.45, 2.75) is 12.8 Å². The molecule has 0 radical (unpaired) electrons. The van der Waals surface area contributed by atoms with Crippen LogP contribution >= 0.6 is 12.4 Å². The van der Waals surface area contributed by atoms with Crippen molar-refractivity contribution >= 4 is 24.0 Å². The summed E-state index contributed by atoms with van der Waals surface area (Å²) >= 11 is 0. The van der Waals surface area contributed by atoms with Crippen molar-refractivity contribution in [2.24, 2.45) is 0 Å². The SMILES string of the molecule is CNCCCC(=O)Nc1cccc(F)c1.Cl. The summed E-state index contributed by atoms with van der Waals surface area (Å²) in [5, 5.41) is 5.59. The summed E-state index contributed by atoms with van der Waals surface area (Å²) in [7, 11) is 1.84. The molecule has 0 spiro atoms. The molecule has 3 nitrogen and oxygen atoms in total. The van der Waals surface area contributed by atoms with Crippen molar-refractivity contribution in [1.82, 2.24) is 5.32 Å². The quantitative estimate of drug-likeness (QED) is 0.782. The van der Waals surface area contributed by atoms with E-state index in [1.807, 2.05) is 7.05 Å². The summed E-state index contributed by atoms with van der Waals surface area (Å²) in [4.78, 5) is 11.3. The van der Waals surface area contributed by atoms with Gasteiger partial charge in [0.1, 0.15) is 5.82 Å². The molecular formula is C11H16ClFN2O.